The van der Waals surface area contributed by atoms with Crippen molar-refractivity contribution < 1.29 is 28.4 Å². The maximum atomic E-state index is 13.4. The fraction of sp³-hybridized carbons (Fsp3) is 0.538. The summed E-state index contributed by atoms with van der Waals surface area (Å²) in [5, 5.41) is 0.877. The van der Waals surface area contributed by atoms with Gasteiger partial charge in [0.05, 0.1) is 18.1 Å². The Bertz CT molecular complexity index is 1010. The normalized spacial score (nSPS) is 23.6. The van der Waals surface area contributed by atoms with Crippen LogP contribution in [0.4, 0.5) is 0 Å². The highest BCUT2D eigenvalue weighted by Gasteiger charge is 2.59. The fourth-order valence-corrected chi connectivity index (χ4v) is 5.95. The molecule has 34 heavy (non-hydrogen) atoms. The van der Waals surface area contributed by atoms with Crippen LogP contribution in [0.2, 0.25) is 18.1 Å². The van der Waals surface area contributed by atoms with Crippen molar-refractivity contribution in [2.24, 2.45) is 11.8 Å². The van der Waals surface area contributed by atoms with Crippen LogP contribution in [0.1, 0.15) is 56.5 Å². The van der Waals surface area contributed by atoms with Gasteiger partial charge in [-0.2, -0.15) is 5.06 Å². The van der Waals surface area contributed by atoms with E-state index in [1.807, 2.05) is 25.1 Å². The fourth-order valence-electron chi connectivity index (χ4n) is 4.52. The Kier molecular flexibility index (Phi) is 7.33. The van der Waals surface area contributed by atoms with Crippen LogP contribution in [-0.4, -0.2) is 49.0 Å². The van der Waals surface area contributed by atoms with E-state index in [9.17, 15) is 19.2 Å². The molecule has 1 aromatic carbocycles. The topological polar surface area (TPSA) is 90.0 Å². The van der Waals surface area contributed by atoms with Crippen molar-refractivity contribution in [3.63, 3.8) is 0 Å². The predicted octanol–water partition coefficient (Wildman–Crippen LogP) is 4.27. The summed E-state index contributed by atoms with van der Waals surface area (Å²) in [4.78, 5) is 56.2. The molecule has 8 heteroatoms. The molecule has 3 rings (SSSR count). The highest BCUT2D eigenvalue weighted by Crippen LogP contribution is 2.44. The van der Waals surface area contributed by atoms with Crippen molar-refractivity contribution in [2.75, 3.05) is 0 Å². The minimum absolute atomic E-state index is 0.0631. The Morgan fingerprint density at radius 1 is 1.24 bits per heavy atom. The van der Waals surface area contributed by atoms with Crippen LogP contribution in [0.3, 0.4) is 0 Å². The third-order valence-electron chi connectivity index (χ3n) is 7.43. The number of hydrogen-bond acceptors (Lipinski definition) is 6. The van der Waals surface area contributed by atoms with Gasteiger partial charge in [0.1, 0.15) is 0 Å². The molecule has 1 aliphatic carbocycles. The molecule has 1 heterocycles. The molecule has 0 bridgehead atoms. The lowest BCUT2D eigenvalue weighted by Gasteiger charge is -2.51. The maximum Gasteiger partial charge on any atom is 0.399 e. The second-order valence-electron chi connectivity index (χ2n) is 10.7. The summed E-state index contributed by atoms with van der Waals surface area (Å²) in [7, 11) is -2.21. The molecule has 1 amide bonds. The Hall–Kier alpha value is -2.58. The Morgan fingerprint density at radius 3 is 2.50 bits per heavy atom. The Balaban J connectivity index is 1.91. The molecule has 0 spiro atoms. The minimum atomic E-state index is -2.21. The van der Waals surface area contributed by atoms with Crippen molar-refractivity contribution in [2.45, 2.75) is 77.2 Å². The van der Waals surface area contributed by atoms with E-state index in [-0.39, 0.29) is 17.2 Å². The van der Waals surface area contributed by atoms with E-state index in [2.05, 4.69) is 40.4 Å². The van der Waals surface area contributed by atoms with Crippen molar-refractivity contribution in [1.82, 2.24) is 5.06 Å². The van der Waals surface area contributed by atoms with Gasteiger partial charge >= 0.3 is 5.97 Å². The molecular weight excluding hydrogens is 450 g/mol. The molecule has 0 saturated carbocycles. The number of Topliss-reactive ketones (excluding diaryl/α,β-unsaturated/α-hetero) is 2. The second-order valence-corrected chi connectivity index (χ2v) is 15.5. The highest BCUT2D eigenvalue weighted by atomic mass is 28.4. The van der Waals surface area contributed by atoms with Crippen LogP contribution in [0.5, 0.6) is 0 Å². The van der Waals surface area contributed by atoms with Gasteiger partial charge in [-0.3, -0.25) is 14.4 Å². The van der Waals surface area contributed by atoms with Crippen LogP contribution in [0, 0.1) is 11.8 Å². The third kappa shape index (κ3) is 4.79. The van der Waals surface area contributed by atoms with Gasteiger partial charge in [0.2, 0.25) is 5.78 Å². The zero-order valence-corrected chi connectivity index (χ0v) is 21.9. The van der Waals surface area contributed by atoms with Gasteiger partial charge in [0, 0.05) is 17.9 Å². The molecule has 1 saturated heterocycles. The summed E-state index contributed by atoms with van der Waals surface area (Å²) in [6, 6.07) is 6.75. The van der Waals surface area contributed by atoms with Crippen molar-refractivity contribution >= 4 is 31.8 Å². The number of hydrogen-bond donors (Lipinski definition) is 0. The lowest BCUT2D eigenvalue weighted by atomic mass is 9.70. The number of nitrogens with zero attached hydrogens (tertiary/aromatic N) is 1. The van der Waals surface area contributed by atoms with Crippen LogP contribution in [0.25, 0.3) is 0 Å². The summed E-state index contributed by atoms with van der Waals surface area (Å²) in [5.41, 5.74) is 1.60. The minimum Gasteiger partial charge on any atom is -0.413 e. The second kappa shape index (κ2) is 9.58. The van der Waals surface area contributed by atoms with E-state index in [0.717, 1.165) is 10.6 Å². The van der Waals surface area contributed by atoms with Gasteiger partial charge in [0.25, 0.3) is 5.91 Å². The average molecular weight is 486 g/mol. The van der Waals surface area contributed by atoms with Crippen molar-refractivity contribution in [1.29, 1.82) is 0 Å². The molecule has 4 atom stereocenters. The first-order valence-corrected chi connectivity index (χ1v) is 14.7. The molecule has 2 aliphatic rings. The van der Waals surface area contributed by atoms with E-state index in [4.69, 9.17) is 9.26 Å². The monoisotopic (exact) mass is 485 g/mol. The summed E-state index contributed by atoms with van der Waals surface area (Å²) >= 11 is 0. The van der Waals surface area contributed by atoms with E-state index in [1.54, 1.807) is 6.07 Å². The number of benzene rings is 1. The van der Waals surface area contributed by atoms with Crippen molar-refractivity contribution in [3.05, 3.63) is 48.0 Å². The Labute approximate surface area is 202 Å². The van der Waals surface area contributed by atoms with Crippen LogP contribution < -0.4 is 0 Å². The smallest absolute Gasteiger partial charge is 0.399 e. The number of carbonyl (C=O) groups is 4. The summed E-state index contributed by atoms with van der Waals surface area (Å²) < 4.78 is 6.50. The van der Waals surface area contributed by atoms with Gasteiger partial charge < -0.3 is 9.26 Å². The molecule has 0 aromatic heterocycles. The molecular formula is C26H35NO6Si. The van der Waals surface area contributed by atoms with Gasteiger partial charge in [-0.1, -0.05) is 51.1 Å². The lowest BCUT2D eigenvalue weighted by Crippen LogP contribution is -2.69. The third-order valence-corrected chi connectivity index (χ3v) is 12.0. The number of allylic oxidation sites excluding steroid dienone is 1. The van der Waals surface area contributed by atoms with Crippen LogP contribution in [0.15, 0.2) is 36.9 Å². The maximum absolute atomic E-state index is 13.4. The van der Waals surface area contributed by atoms with Gasteiger partial charge in [0.15, 0.2) is 14.1 Å². The molecule has 1 aromatic rings. The average Bonchev–Trinajstić information content (AvgIpc) is 2.75. The Morgan fingerprint density at radius 2 is 1.88 bits per heavy atom. The first-order chi connectivity index (χ1) is 15.8. The van der Waals surface area contributed by atoms with Crippen LogP contribution in [-0.2, 0) is 30.1 Å². The van der Waals surface area contributed by atoms with Gasteiger partial charge in [-0.05, 0) is 43.5 Å². The molecule has 1 aliphatic heterocycles. The van der Waals surface area contributed by atoms with E-state index >= 15 is 0 Å². The molecule has 7 nitrogen and oxygen atoms in total. The summed E-state index contributed by atoms with van der Waals surface area (Å²) in [6.45, 7) is 15.9. The number of fused-ring (bicyclic) bond motifs is 1. The first kappa shape index (κ1) is 26.0. The summed E-state index contributed by atoms with van der Waals surface area (Å²) in [6.07, 6.45) is 1.85. The largest absolute Gasteiger partial charge is 0.413 e. The SMILES string of the molecule is C=CCC(=O)C(=O)ON1C(=O)[C@H]([C@@H](C)O[Si](C)(C)C(C)(C)C)[C@H]1[C@@H]1CCc2ccccc2C1=O. The number of aryl methyl sites for hydroxylation is 1. The number of hydroxylamine groups is 2. The standard InChI is InChI=1S/C26H35NO6Si/c1-8-11-20(28)25(31)32-27-22(19-15-14-17-12-9-10-13-18(17)23(19)29)21(24(27)30)16(2)33-34(6,7)26(3,4)5/h8-10,12-13,16,19,21-22H,1,11,14-15H2,2-7H3/t16-,19+,21-,22-/m1/s1. The predicted molar refractivity (Wildman–Crippen MR) is 130 cm³/mol. The number of carbonyl (C=O) groups excluding carboxylic acids is 4. The highest BCUT2D eigenvalue weighted by molar-refractivity contribution is 6.74. The summed E-state index contributed by atoms with van der Waals surface area (Å²) in [5.74, 6) is -3.64. The van der Waals surface area contributed by atoms with E-state index in [1.165, 1.54) is 6.08 Å². The number of rotatable bonds is 8. The zero-order chi connectivity index (χ0) is 25.4. The molecule has 0 radical (unpaired) electrons. The van der Waals surface area contributed by atoms with E-state index in [0.29, 0.717) is 18.4 Å². The zero-order valence-electron chi connectivity index (χ0n) is 20.9. The number of β-lactam (4-membered cyclic amide) rings is 1. The van der Waals surface area contributed by atoms with Gasteiger partial charge in [-0.25, -0.2) is 4.79 Å². The van der Waals surface area contributed by atoms with Crippen LogP contribution >= 0.6 is 0 Å². The molecule has 184 valence electrons. The molecule has 1 fully saturated rings. The quantitative estimate of drug-likeness (QED) is 0.236. The van der Waals surface area contributed by atoms with Crippen molar-refractivity contribution in [3.8, 4) is 0 Å². The first-order valence-electron chi connectivity index (χ1n) is 11.8. The number of amides is 1. The van der Waals surface area contributed by atoms with E-state index < -0.39 is 50.0 Å². The number of ketones is 2. The van der Waals surface area contributed by atoms with Gasteiger partial charge in [-0.15, -0.1) is 6.58 Å². The molecule has 0 unspecified atom stereocenters. The molecule has 0 N–H and O–H groups in total. The lowest BCUT2D eigenvalue weighted by molar-refractivity contribution is -0.248.